The summed E-state index contributed by atoms with van der Waals surface area (Å²) in [5.74, 6) is 0.170. The van der Waals surface area contributed by atoms with Crippen LogP contribution in [0.5, 0.6) is 5.75 Å². The van der Waals surface area contributed by atoms with Crippen molar-refractivity contribution in [2.75, 3.05) is 11.8 Å². The minimum Gasteiger partial charge on any atom is -0.496 e. The number of benzene rings is 3. The molecule has 0 fully saturated rings. The van der Waals surface area contributed by atoms with E-state index in [0.29, 0.717) is 33.6 Å². The molecule has 7 nitrogen and oxygen atoms in total. The van der Waals surface area contributed by atoms with Crippen LogP contribution in [0.15, 0.2) is 64.3 Å². The number of methoxy groups -OCH3 is 1. The van der Waals surface area contributed by atoms with Crippen molar-refractivity contribution in [3.05, 3.63) is 87.7 Å². The average Bonchev–Trinajstić information content (AvgIpc) is 2.77. The zero-order chi connectivity index (χ0) is 23.9. The van der Waals surface area contributed by atoms with Gasteiger partial charge in [0.05, 0.1) is 34.3 Å². The molecule has 0 saturated heterocycles. The summed E-state index contributed by atoms with van der Waals surface area (Å²) in [6, 6.07) is 13.8. The summed E-state index contributed by atoms with van der Waals surface area (Å²) >= 11 is 0. The third-order valence-electron chi connectivity index (χ3n) is 5.38. The Morgan fingerprint density at radius 2 is 1.73 bits per heavy atom. The number of sulfonamides is 1. The zero-order valence-corrected chi connectivity index (χ0v) is 19.3. The first-order valence-corrected chi connectivity index (χ1v) is 11.6. The maximum atomic E-state index is 14.6. The minimum atomic E-state index is -4.12. The topological polar surface area (TPSA) is 90.3 Å². The van der Waals surface area contributed by atoms with Crippen LogP contribution in [0.2, 0.25) is 0 Å². The zero-order valence-electron chi connectivity index (χ0n) is 18.5. The van der Waals surface area contributed by atoms with E-state index in [1.165, 1.54) is 29.9 Å². The molecule has 0 spiro atoms. The number of aromatic nitrogens is 2. The average molecular weight is 468 g/mol. The normalized spacial score (nSPS) is 11.5. The lowest BCUT2D eigenvalue weighted by molar-refractivity contribution is 0.411. The number of rotatable bonds is 5. The van der Waals surface area contributed by atoms with E-state index in [2.05, 4.69) is 9.71 Å². The summed E-state index contributed by atoms with van der Waals surface area (Å²) in [6.07, 6.45) is 0. The van der Waals surface area contributed by atoms with Crippen molar-refractivity contribution in [1.82, 2.24) is 9.55 Å². The smallest absolute Gasteiger partial charge is 0.265 e. The van der Waals surface area contributed by atoms with Crippen molar-refractivity contribution in [3.8, 4) is 11.4 Å². The molecule has 0 radical (unpaired) electrons. The summed E-state index contributed by atoms with van der Waals surface area (Å²) in [5, 5.41) is 0.402. The fourth-order valence-corrected chi connectivity index (χ4v) is 5.12. The van der Waals surface area contributed by atoms with Gasteiger partial charge in [-0.1, -0.05) is 12.1 Å². The van der Waals surface area contributed by atoms with E-state index < -0.39 is 15.8 Å². The highest BCUT2D eigenvalue weighted by Gasteiger charge is 2.21. The van der Waals surface area contributed by atoms with Gasteiger partial charge in [0.25, 0.3) is 15.6 Å². The Balaban J connectivity index is 1.81. The summed E-state index contributed by atoms with van der Waals surface area (Å²) in [6.45, 7) is 5.01. The Morgan fingerprint density at radius 3 is 2.45 bits per heavy atom. The summed E-state index contributed by atoms with van der Waals surface area (Å²) < 4.78 is 49.7. The number of para-hydroxylation sites is 1. The minimum absolute atomic E-state index is 0.00585. The monoisotopic (exact) mass is 467 g/mol. The Kier molecular flexibility index (Phi) is 5.67. The lowest BCUT2D eigenvalue weighted by Gasteiger charge is -2.16. The molecule has 1 N–H and O–H groups in total. The Hall–Kier alpha value is -3.72. The molecule has 3 aromatic carbocycles. The predicted molar refractivity (Wildman–Crippen MR) is 125 cm³/mol. The van der Waals surface area contributed by atoms with Crippen LogP contribution in [0, 0.1) is 26.6 Å². The van der Waals surface area contributed by atoms with Crippen LogP contribution in [0.4, 0.5) is 10.1 Å². The second kappa shape index (κ2) is 8.32. The maximum absolute atomic E-state index is 14.6. The number of fused-ring (bicyclic) bond motifs is 1. The molecule has 0 aliphatic heterocycles. The molecule has 9 heteroatoms. The number of aryl methyl sites for hydroxylation is 3. The SMILES string of the molecule is COc1cc(C)c(S(=O)(=O)Nc2cc(-n3c(C)nc4ccccc4c3=O)ccc2F)cc1C. The molecule has 0 aliphatic rings. The van der Waals surface area contributed by atoms with E-state index >= 15 is 0 Å². The van der Waals surface area contributed by atoms with Gasteiger partial charge in [-0.2, -0.15) is 0 Å². The summed E-state index contributed by atoms with van der Waals surface area (Å²) in [5.41, 5.74) is 1.30. The van der Waals surface area contributed by atoms with Crippen LogP contribution in [0.25, 0.3) is 16.6 Å². The number of anilines is 1. The van der Waals surface area contributed by atoms with Gasteiger partial charge in [0.2, 0.25) is 0 Å². The number of hydrogen-bond donors (Lipinski definition) is 1. The van der Waals surface area contributed by atoms with E-state index in [9.17, 15) is 17.6 Å². The van der Waals surface area contributed by atoms with E-state index in [4.69, 9.17) is 4.74 Å². The fraction of sp³-hybridized carbons (Fsp3) is 0.167. The highest BCUT2D eigenvalue weighted by molar-refractivity contribution is 7.92. The van der Waals surface area contributed by atoms with Crippen LogP contribution in [-0.4, -0.2) is 25.1 Å². The third kappa shape index (κ3) is 4.07. The van der Waals surface area contributed by atoms with E-state index in [1.54, 1.807) is 51.1 Å². The van der Waals surface area contributed by atoms with E-state index in [-0.39, 0.29) is 21.8 Å². The Morgan fingerprint density at radius 1 is 1.00 bits per heavy atom. The number of nitrogens with one attached hydrogen (secondary N) is 1. The standard InChI is InChI=1S/C24H22FN3O4S/c1-14-12-23(15(2)11-22(14)32-4)33(30,31)27-21-13-17(9-10-19(21)25)28-16(3)26-20-8-6-5-7-18(20)24(28)29/h5-13,27H,1-4H3. The lowest BCUT2D eigenvalue weighted by Crippen LogP contribution is -2.23. The van der Waals surface area contributed by atoms with Crippen LogP contribution in [0.1, 0.15) is 17.0 Å². The second-order valence-electron chi connectivity index (χ2n) is 7.67. The van der Waals surface area contributed by atoms with Gasteiger partial charge in [-0.05, 0) is 74.4 Å². The summed E-state index contributed by atoms with van der Waals surface area (Å²) in [4.78, 5) is 17.5. The molecule has 4 rings (SSSR count). The van der Waals surface area contributed by atoms with E-state index in [0.717, 1.165) is 6.07 Å². The quantitative estimate of drug-likeness (QED) is 0.474. The molecular formula is C24H22FN3O4S. The molecule has 0 atom stereocenters. The third-order valence-corrected chi connectivity index (χ3v) is 6.89. The van der Waals surface area contributed by atoms with Gasteiger partial charge >= 0.3 is 0 Å². The van der Waals surface area contributed by atoms with Gasteiger partial charge in [0.1, 0.15) is 17.4 Å². The van der Waals surface area contributed by atoms with Gasteiger partial charge in [-0.3, -0.25) is 14.1 Å². The van der Waals surface area contributed by atoms with Crippen molar-refractivity contribution >= 4 is 26.6 Å². The Labute approximate surface area is 190 Å². The molecule has 0 unspecified atom stereocenters. The lowest BCUT2D eigenvalue weighted by atomic mass is 10.1. The molecule has 170 valence electrons. The molecule has 0 amide bonds. The molecular weight excluding hydrogens is 445 g/mol. The summed E-state index contributed by atoms with van der Waals surface area (Å²) in [7, 11) is -2.62. The van der Waals surface area contributed by atoms with Crippen molar-refractivity contribution < 1.29 is 17.5 Å². The number of ether oxygens (including phenoxy) is 1. The fourth-order valence-electron chi connectivity index (χ4n) is 3.75. The highest BCUT2D eigenvalue weighted by atomic mass is 32.2. The van der Waals surface area contributed by atoms with Crippen molar-refractivity contribution in [2.45, 2.75) is 25.7 Å². The first kappa shape index (κ1) is 22.5. The van der Waals surface area contributed by atoms with Crippen LogP contribution in [0.3, 0.4) is 0 Å². The van der Waals surface area contributed by atoms with Gasteiger partial charge < -0.3 is 4.74 Å². The largest absolute Gasteiger partial charge is 0.496 e. The van der Waals surface area contributed by atoms with Crippen LogP contribution < -0.4 is 15.0 Å². The Bertz CT molecular complexity index is 1560. The van der Waals surface area contributed by atoms with Gasteiger partial charge in [-0.15, -0.1) is 0 Å². The molecule has 0 aliphatic carbocycles. The highest BCUT2D eigenvalue weighted by Crippen LogP contribution is 2.28. The van der Waals surface area contributed by atoms with Crippen LogP contribution >= 0.6 is 0 Å². The maximum Gasteiger partial charge on any atom is 0.265 e. The van der Waals surface area contributed by atoms with Gasteiger partial charge in [0.15, 0.2) is 0 Å². The molecule has 0 saturated carbocycles. The predicted octanol–water partition coefficient (Wildman–Crippen LogP) is 4.26. The van der Waals surface area contributed by atoms with Crippen molar-refractivity contribution in [1.29, 1.82) is 0 Å². The number of halogens is 1. The van der Waals surface area contributed by atoms with Crippen LogP contribution in [-0.2, 0) is 10.0 Å². The molecule has 0 bridgehead atoms. The molecule has 1 heterocycles. The second-order valence-corrected chi connectivity index (χ2v) is 9.32. The number of nitrogens with zero attached hydrogens (tertiary/aromatic N) is 2. The van der Waals surface area contributed by atoms with Crippen molar-refractivity contribution in [2.24, 2.45) is 0 Å². The van der Waals surface area contributed by atoms with E-state index in [1.807, 2.05) is 0 Å². The van der Waals surface area contributed by atoms with Gasteiger partial charge in [-0.25, -0.2) is 17.8 Å². The number of hydrogen-bond acceptors (Lipinski definition) is 5. The van der Waals surface area contributed by atoms with Crippen molar-refractivity contribution in [3.63, 3.8) is 0 Å². The first-order valence-electron chi connectivity index (χ1n) is 10.1. The van der Waals surface area contributed by atoms with Gasteiger partial charge in [0, 0.05) is 0 Å². The molecule has 4 aromatic rings. The molecule has 33 heavy (non-hydrogen) atoms. The molecule has 1 aromatic heterocycles. The first-order chi connectivity index (χ1) is 15.6.